The first-order valence-electron chi connectivity index (χ1n) is 7.84. The molecule has 2 aromatic rings. The summed E-state index contributed by atoms with van der Waals surface area (Å²) in [5.41, 5.74) is -1.92. The molecule has 3 rings (SSSR count). The Kier molecular flexibility index (Phi) is 5.68. The van der Waals surface area contributed by atoms with Gasteiger partial charge in [0.25, 0.3) is 5.56 Å². The number of benzene rings is 1. The van der Waals surface area contributed by atoms with Crippen molar-refractivity contribution in [3.05, 3.63) is 66.4 Å². The lowest BCUT2D eigenvalue weighted by atomic mass is 10.0. The van der Waals surface area contributed by atoms with Crippen LogP contribution in [-0.4, -0.2) is 49.5 Å². The molecule has 27 heavy (non-hydrogen) atoms. The molecule has 0 radical (unpaired) electrons. The summed E-state index contributed by atoms with van der Waals surface area (Å²) in [7, 11) is 0. The second kappa shape index (κ2) is 7.83. The monoisotopic (exact) mass is 415 g/mol. The highest BCUT2D eigenvalue weighted by Crippen LogP contribution is 2.29. The molecule has 0 spiro atoms. The fourth-order valence-corrected chi connectivity index (χ4v) is 3.46. The van der Waals surface area contributed by atoms with E-state index in [1.165, 1.54) is 12.1 Å². The summed E-state index contributed by atoms with van der Waals surface area (Å²) in [5.74, 6) is 0. The van der Waals surface area contributed by atoms with Crippen molar-refractivity contribution < 1.29 is 20.2 Å². The number of aromatic nitrogens is 2. The summed E-state index contributed by atoms with van der Waals surface area (Å²) in [5, 5.41) is 32.0. The first-order valence-corrected chi connectivity index (χ1v) is 8.59. The average molecular weight is 416 g/mol. The van der Waals surface area contributed by atoms with Crippen LogP contribution in [0, 0.1) is 0 Å². The van der Waals surface area contributed by atoms with E-state index >= 15 is 0 Å². The van der Waals surface area contributed by atoms with Gasteiger partial charge >= 0.3 is 5.69 Å². The molecule has 1 aromatic heterocycles. The van der Waals surface area contributed by atoms with Gasteiger partial charge < -0.3 is 20.2 Å². The van der Waals surface area contributed by atoms with Gasteiger partial charge in [-0.3, -0.25) is 14.3 Å². The van der Waals surface area contributed by atoms with Gasteiger partial charge in [-0.1, -0.05) is 34.4 Å². The molecule has 3 atom stereocenters. The van der Waals surface area contributed by atoms with Crippen LogP contribution < -0.4 is 11.2 Å². The molecule has 1 saturated heterocycles. The number of nitrogens with zero attached hydrogens (tertiary/aromatic N) is 2. The Labute approximate surface area is 162 Å². The van der Waals surface area contributed by atoms with Gasteiger partial charge in [-0.2, -0.15) is 0 Å². The van der Waals surface area contributed by atoms with Crippen molar-refractivity contribution in [2.24, 2.45) is 5.16 Å². The van der Waals surface area contributed by atoms with Gasteiger partial charge in [0.2, 0.25) is 0 Å². The Balaban J connectivity index is 2.12. The van der Waals surface area contributed by atoms with Crippen LogP contribution in [0.3, 0.4) is 0 Å². The zero-order valence-electron chi connectivity index (χ0n) is 13.7. The van der Waals surface area contributed by atoms with Gasteiger partial charge in [0, 0.05) is 18.2 Å². The lowest BCUT2D eigenvalue weighted by molar-refractivity contribution is -0.0459. The van der Waals surface area contributed by atoms with E-state index in [-0.39, 0.29) is 33.3 Å². The molecule has 1 aliphatic rings. The van der Waals surface area contributed by atoms with E-state index in [2.05, 4.69) is 10.1 Å². The molecule has 11 heteroatoms. The minimum Gasteiger partial charge on any atom is -0.410 e. The number of aromatic amines is 1. The molecule has 0 unspecified atom stereocenters. The van der Waals surface area contributed by atoms with Crippen LogP contribution in [0.5, 0.6) is 0 Å². The van der Waals surface area contributed by atoms with E-state index in [1.807, 2.05) is 0 Å². The third kappa shape index (κ3) is 3.64. The molecule has 1 aromatic carbocycles. The lowest BCUT2D eigenvalue weighted by Crippen LogP contribution is -2.36. The van der Waals surface area contributed by atoms with Gasteiger partial charge in [0.05, 0.1) is 28.3 Å². The zero-order chi connectivity index (χ0) is 19.7. The van der Waals surface area contributed by atoms with Crippen molar-refractivity contribution in [2.45, 2.75) is 24.9 Å². The molecule has 2 heterocycles. The van der Waals surface area contributed by atoms with E-state index in [9.17, 15) is 25.0 Å². The standard InChI is InChI=1S/C16H15Cl2N3O6/c17-8-2-1-3-9(18)13(8)14(20-26)7-5-21(16(25)19-15(7)24)12-4-10(23)11(6-22)27-12/h1-3,5,10-12,22-23,26H,4,6H2,(H,19,24,25)/b20-14-/t10-,11+,12+/m0/s1. The van der Waals surface area contributed by atoms with Crippen molar-refractivity contribution in [1.82, 2.24) is 9.55 Å². The summed E-state index contributed by atoms with van der Waals surface area (Å²) in [6, 6.07) is 4.58. The van der Waals surface area contributed by atoms with Gasteiger partial charge in [0.1, 0.15) is 18.0 Å². The fraction of sp³-hybridized carbons (Fsp3) is 0.312. The van der Waals surface area contributed by atoms with Crippen LogP contribution in [0.1, 0.15) is 23.8 Å². The Morgan fingerprint density at radius 1 is 1.33 bits per heavy atom. The summed E-state index contributed by atoms with van der Waals surface area (Å²) in [6.45, 7) is -0.429. The van der Waals surface area contributed by atoms with Crippen LogP contribution in [-0.2, 0) is 4.74 Å². The van der Waals surface area contributed by atoms with E-state index in [4.69, 9.17) is 27.9 Å². The number of hydrogen-bond donors (Lipinski definition) is 4. The highest BCUT2D eigenvalue weighted by Gasteiger charge is 2.35. The summed E-state index contributed by atoms with van der Waals surface area (Å²) in [6.07, 6.45) is -1.61. The maximum absolute atomic E-state index is 12.3. The number of oxime groups is 1. The SMILES string of the molecule is O=c1[nH]c(=O)n([C@H]2C[C@H](O)[C@@H](CO)O2)cc1/C(=N/O)c1c(Cl)cccc1Cl. The van der Waals surface area contributed by atoms with Crippen molar-refractivity contribution in [1.29, 1.82) is 0 Å². The third-order valence-corrected chi connectivity index (χ3v) is 4.85. The normalized spacial score (nSPS) is 23.0. The van der Waals surface area contributed by atoms with E-state index in [0.29, 0.717) is 0 Å². The Morgan fingerprint density at radius 3 is 2.56 bits per heavy atom. The number of hydrogen-bond acceptors (Lipinski definition) is 7. The molecule has 1 aliphatic heterocycles. The van der Waals surface area contributed by atoms with Gasteiger partial charge in [-0.15, -0.1) is 0 Å². The highest BCUT2D eigenvalue weighted by atomic mass is 35.5. The lowest BCUT2D eigenvalue weighted by Gasteiger charge is -2.16. The largest absolute Gasteiger partial charge is 0.410 e. The molecule has 144 valence electrons. The smallest absolute Gasteiger partial charge is 0.330 e. The van der Waals surface area contributed by atoms with Crippen molar-refractivity contribution in [3.63, 3.8) is 0 Å². The molecule has 0 aliphatic carbocycles. The number of aliphatic hydroxyl groups is 2. The first-order chi connectivity index (χ1) is 12.9. The molecule has 4 N–H and O–H groups in total. The van der Waals surface area contributed by atoms with Crippen molar-refractivity contribution in [2.75, 3.05) is 6.61 Å². The van der Waals surface area contributed by atoms with Gasteiger partial charge in [-0.05, 0) is 12.1 Å². The summed E-state index contributed by atoms with van der Waals surface area (Å²) < 4.78 is 6.47. The molecule has 0 bridgehead atoms. The average Bonchev–Trinajstić information content (AvgIpc) is 2.99. The van der Waals surface area contributed by atoms with Crippen LogP contribution >= 0.6 is 23.2 Å². The second-order valence-corrected chi connectivity index (χ2v) is 6.68. The van der Waals surface area contributed by atoms with Crippen LogP contribution in [0.15, 0.2) is 39.1 Å². The predicted octanol–water partition coefficient (Wildman–Crippen LogP) is 0.711. The first kappa shape index (κ1) is 19.6. The topological polar surface area (TPSA) is 137 Å². The molecule has 1 fully saturated rings. The summed E-state index contributed by atoms with van der Waals surface area (Å²) in [4.78, 5) is 26.6. The minimum absolute atomic E-state index is 0.0229. The minimum atomic E-state index is -0.980. The van der Waals surface area contributed by atoms with Gasteiger partial charge in [0.15, 0.2) is 0 Å². The number of aliphatic hydroxyl groups excluding tert-OH is 2. The molecule has 9 nitrogen and oxygen atoms in total. The number of nitrogens with one attached hydrogen (secondary N) is 1. The highest BCUT2D eigenvalue weighted by molar-refractivity contribution is 6.41. The quantitative estimate of drug-likeness (QED) is 0.329. The molecular formula is C16H15Cl2N3O6. The summed E-state index contributed by atoms with van der Waals surface area (Å²) >= 11 is 12.2. The van der Waals surface area contributed by atoms with E-state index in [0.717, 1.165) is 10.8 Å². The van der Waals surface area contributed by atoms with Crippen LogP contribution in [0.2, 0.25) is 10.0 Å². The van der Waals surface area contributed by atoms with Crippen molar-refractivity contribution in [3.8, 4) is 0 Å². The number of ether oxygens (including phenoxy) is 1. The maximum Gasteiger partial charge on any atom is 0.330 e. The Morgan fingerprint density at radius 2 is 2.00 bits per heavy atom. The predicted molar refractivity (Wildman–Crippen MR) is 96.8 cm³/mol. The van der Waals surface area contributed by atoms with Crippen molar-refractivity contribution >= 4 is 28.9 Å². The van der Waals surface area contributed by atoms with Crippen LogP contribution in [0.25, 0.3) is 0 Å². The number of rotatable bonds is 4. The Bertz CT molecular complexity index is 982. The fourth-order valence-electron chi connectivity index (χ4n) is 2.88. The number of halogens is 2. The second-order valence-electron chi connectivity index (χ2n) is 5.87. The molecular weight excluding hydrogens is 401 g/mol. The Hall–Kier alpha value is -2.17. The number of H-pyrrole nitrogens is 1. The van der Waals surface area contributed by atoms with E-state index in [1.54, 1.807) is 6.07 Å². The maximum atomic E-state index is 12.3. The van der Waals surface area contributed by atoms with E-state index < -0.39 is 36.3 Å². The molecule has 0 amide bonds. The van der Waals surface area contributed by atoms with Gasteiger partial charge in [-0.25, -0.2) is 4.79 Å². The van der Waals surface area contributed by atoms with Crippen LogP contribution in [0.4, 0.5) is 0 Å². The zero-order valence-corrected chi connectivity index (χ0v) is 15.2. The molecule has 0 saturated carbocycles. The third-order valence-electron chi connectivity index (χ3n) is 4.22.